The van der Waals surface area contributed by atoms with Gasteiger partial charge in [0.25, 0.3) is 5.91 Å². The first-order valence-corrected chi connectivity index (χ1v) is 10.3. The first-order valence-electron chi connectivity index (χ1n) is 10.3. The Morgan fingerprint density at radius 2 is 1.50 bits per heavy atom. The van der Waals surface area contributed by atoms with E-state index < -0.39 is 0 Å². The Kier molecular flexibility index (Phi) is 6.57. The molecule has 0 aromatic heterocycles. The van der Waals surface area contributed by atoms with Gasteiger partial charge in [-0.05, 0) is 42.0 Å². The van der Waals surface area contributed by atoms with Gasteiger partial charge in [0.2, 0.25) is 5.91 Å². The van der Waals surface area contributed by atoms with Crippen LogP contribution in [0.15, 0.2) is 90.0 Å². The summed E-state index contributed by atoms with van der Waals surface area (Å²) < 4.78 is 4.80. The highest BCUT2D eigenvalue weighted by Crippen LogP contribution is 2.35. The lowest BCUT2D eigenvalue weighted by molar-refractivity contribution is -0.119. The largest absolute Gasteiger partial charge is 0.375 e. The van der Waals surface area contributed by atoms with Gasteiger partial charge >= 0.3 is 0 Å². The van der Waals surface area contributed by atoms with Crippen LogP contribution >= 0.6 is 0 Å². The number of hydrogen-bond acceptors (Lipinski definition) is 5. The van der Waals surface area contributed by atoms with Gasteiger partial charge in [-0.15, -0.1) is 0 Å². The number of para-hydroxylation sites is 1. The second kappa shape index (κ2) is 9.89. The van der Waals surface area contributed by atoms with E-state index >= 15 is 0 Å². The monoisotopic (exact) mass is 428 g/mol. The molecule has 32 heavy (non-hydrogen) atoms. The summed E-state index contributed by atoms with van der Waals surface area (Å²) in [5.74, 6) is -0.488. The first kappa shape index (κ1) is 21.3. The van der Waals surface area contributed by atoms with Crippen LogP contribution in [0, 0.1) is 0 Å². The molecular weight excluding hydrogens is 404 g/mol. The quantitative estimate of drug-likeness (QED) is 0.590. The minimum atomic E-state index is -0.250. The first-order chi connectivity index (χ1) is 15.6. The van der Waals surface area contributed by atoms with Crippen LogP contribution in [0.5, 0.6) is 0 Å². The maximum atomic E-state index is 13.0. The van der Waals surface area contributed by atoms with E-state index in [-0.39, 0.29) is 24.5 Å². The van der Waals surface area contributed by atoms with Crippen LogP contribution in [0.25, 0.3) is 0 Å². The molecule has 0 radical (unpaired) electrons. The number of anilines is 3. The Hall–Kier alpha value is -3.97. The van der Waals surface area contributed by atoms with E-state index in [1.165, 1.54) is 7.11 Å². The fourth-order valence-corrected chi connectivity index (χ4v) is 3.57. The van der Waals surface area contributed by atoms with Gasteiger partial charge in [0.05, 0.1) is 11.7 Å². The van der Waals surface area contributed by atoms with Crippen molar-refractivity contribution < 1.29 is 14.3 Å². The highest BCUT2D eigenvalue weighted by molar-refractivity contribution is 6.43. The fourth-order valence-electron chi connectivity index (χ4n) is 3.57. The van der Waals surface area contributed by atoms with Crippen molar-refractivity contribution in [1.29, 1.82) is 0 Å². The molecule has 1 unspecified atom stereocenters. The minimum Gasteiger partial charge on any atom is -0.375 e. The molecule has 1 heterocycles. The zero-order chi connectivity index (χ0) is 22.3. The summed E-state index contributed by atoms with van der Waals surface area (Å²) in [6, 6.07) is 26.7. The van der Waals surface area contributed by atoms with Gasteiger partial charge in [-0.2, -0.15) is 5.10 Å². The van der Waals surface area contributed by atoms with Gasteiger partial charge in [-0.3, -0.25) is 14.6 Å². The number of hydrazone groups is 1. The molecular formula is C25H24N4O3. The molecule has 1 aliphatic heterocycles. The number of nitrogens with zero attached hydrogens (tertiary/aromatic N) is 2. The molecule has 3 aromatic carbocycles. The Morgan fingerprint density at radius 1 is 0.906 bits per heavy atom. The lowest BCUT2D eigenvalue weighted by Gasteiger charge is -2.23. The molecule has 3 aromatic rings. The van der Waals surface area contributed by atoms with E-state index in [0.717, 1.165) is 11.3 Å². The van der Waals surface area contributed by atoms with Crippen molar-refractivity contribution in [2.45, 2.75) is 12.5 Å². The Bertz CT molecular complexity index is 1100. The zero-order valence-electron chi connectivity index (χ0n) is 17.7. The number of nitrogens with one attached hydrogen (secondary N) is 2. The van der Waals surface area contributed by atoms with Gasteiger partial charge in [0.15, 0.2) is 0 Å². The number of amides is 2. The Labute approximate surface area is 186 Å². The van der Waals surface area contributed by atoms with Crippen LogP contribution in [-0.4, -0.2) is 31.2 Å². The molecule has 4 rings (SSSR count). The third-order valence-corrected chi connectivity index (χ3v) is 5.08. The van der Waals surface area contributed by atoms with Crippen LogP contribution in [-0.2, 0) is 14.3 Å². The Balaban J connectivity index is 1.49. The highest BCUT2D eigenvalue weighted by atomic mass is 16.5. The second-order valence-corrected chi connectivity index (χ2v) is 7.37. The molecule has 1 atom stereocenters. The summed E-state index contributed by atoms with van der Waals surface area (Å²) in [4.78, 5) is 24.6. The van der Waals surface area contributed by atoms with E-state index in [9.17, 15) is 9.59 Å². The highest BCUT2D eigenvalue weighted by Gasteiger charge is 2.32. The summed E-state index contributed by atoms with van der Waals surface area (Å²) in [6.07, 6.45) is 0.496. The van der Waals surface area contributed by atoms with Crippen molar-refractivity contribution in [1.82, 2.24) is 0 Å². The molecule has 0 saturated carbocycles. The van der Waals surface area contributed by atoms with Crippen molar-refractivity contribution in [3.8, 4) is 0 Å². The van der Waals surface area contributed by atoms with Crippen molar-refractivity contribution in [3.63, 3.8) is 0 Å². The number of benzene rings is 3. The molecule has 0 fully saturated rings. The van der Waals surface area contributed by atoms with Crippen LogP contribution in [0.3, 0.4) is 0 Å². The SMILES string of the molecule is COCC(=O)Nc1ccc(NC(=O)C2=NN(c3ccccc3)C(c3ccccc3)C2)cc1. The van der Waals surface area contributed by atoms with Crippen LogP contribution in [0.1, 0.15) is 18.0 Å². The topological polar surface area (TPSA) is 83.0 Å². The third-order valence-electron chi connectivity index (χ3n) is 5.08. The Morgan fingerprint density at radius 3 is 2.12 bits per heavy atom. The number of hydrogen-bond donors (Lipinski definition) is 2. The summed E-state index contributed by atoms with van der Waals surface area (Å²) >= 11 is 0. The van der Waals surface area contributed by atoms with Gasteiger partial charge in [0, 0.05) is 24.9 Å². The van der Waals surface area contributed by atoms with Crippen LogP contribution < -0.4 is 15.6 Å². The number of carbonyl (C=O) groups excluding carboxylic acids is 2. The average Bonchev–Trinajstić information content (AvgIpc) is 3.27. The van der Waals surface area contributed by atoms with Gasteiger partial charge in [0.1, 0.15) is 12.3 Å². The molecule has 2 N–H and O–H groups in total. The fraction of sp³-hybridized carbons (Fsp3) is 0.160. The standard InChI is InChI=1S/C25H24N4O3/c1-32-17-24(30)26-19-12-14-20(15-13-19)27-25(31)22-16-23(18-8-4-2-5-9-18)29(28-22)21-10-6-3-7-11-21/h2-15,23H,16-17H2,1H3,(H,26,30)(H,27,31). The number of ether oxygens (including phenoxy) is 1. The third kappa shape index (κ3) is 5.01. The molecule has 162 valence electrons. The number of methoxy groups -OCH3 is 1. The molecule has 7 heteroatoms. The molecule has 2 amide bonds. The maximum absolute atomic E-state index is 13.0. The van der Waals surface area contributed by atoms with Crippen LogP contribution in [0.4, 0.5) is 17.1 Å². The van der Waals surface area contributed by atoms with E-state index in [2.05, 4.69) is 15.7 Å². The van der Waals surface area contributed by atoms with Crippen molar-refractivity contribution in [3.05, 3.63) is 90.5 Å². The van der Waals surface area contributed by atoms with Crippen molar-refractivity contribution in [2.24, 2.45) is 5.10 Å². The predicted octanol–water partition coefficient (Wildman–Crippen LogP) is 4.22. The smallest absolute Gasteiger partial charge is 0.271 e. The summed E-state index contributed by atoms with van der Waals surface area (Å²) in [5, 5.41) is 12.2. The zero-order valence-corrected chi connectivity index (χ0v) is 17.7. The summed E-state index contributed by atoms with van der Waals surface area (Å²) in [5.41, 5.74) is 3.74. The van der Waals surface area contributed by atoms with E-state index in [1.807, 2.05) is 65.7 Å². The molecule has 0 spiro atoms. The molecule has 7 nitrogen and oxygen atoms in total. The van der Waals surface area contributed by atoms with Crippen LogP contribution in [0.2, 0.25) is 0 Å². The second-order valence-electron chi connectivity index (χ2n) is 7.37. The number of carbonyl (C=O) groups is 2. The maximum Gasteiger partial charge on any atom is 0.271 e. The van der Waals surface area contributed by atoms with Gasteiger partial charge in [-0.1, -0.05) is 48.5 Å². The lowest BCUT2D eigenvalue weighted by atomic mass is 10.0. The van der Waals surface area contributed by atoms with E-state index in [0.29, 0.717) is 23.5 Å². The molecule has 1 aliphatic rings. The molecule has 0 bridgehead atoms. The predicted molar refractivity (Wildman–Crippen MR) is 126 cm³/mol. The molecule has 0 saturated heterocycles. The van der Waals surface area contributed by atoms with E-state index in [1.54, 1.807) is 24.3 Å². The minimum absolute atomic E-state index is 0.0151. The van der Waals surface area contributed by atoms with E-state index in [4.69, 9.17) is 4.74 Å². The van der Waals surface area contributed by atoms with Crippen molar-refractivity contribution >= 4 is 34.6 Å². The van der Waals surface area contributed by atoms with Crippen molar-refractivity contribution in [2.75, 3.05) is 29.4 Å². The summed E-state index contributed by atoms with van der Waals surface area (Å²) in [6.45, 7) is -0.0151. The van der Waals surface area contributed by atoms with Gasteiger partial charge in [-0.25, -0.2) is 0 Å². The summed E-state index contributed by atoms with van der Waals surface area (Å²) in [7, 11) is 1.46. The number of rotatable bonds is 7. The molecule has 0 aliphatic carbocycles. The normalized spacial score (nSPS) is 15.2. The van der Waals surface area contributed by atoms with Gasteiger partial charge < -0.3 is 15.4 Å². The lowest BCUT2D eigenvalue weighted by Crippen LogP contribution is -2.22. The average molecular weight is 428 g/mol.